The van der Waals surface area contributed by atoms with Crippen LogP contribution in [0.25, 0.3) is 0 Å². The van der Waals surface area contributed by atoms with Crippen LogP contribution in [-0.2, 0) is 0 Å². The molecule has 0 bridgehead atoms. The Labute approximate surface area is 123 Å². The van der Waals surface area contributed by atoms with Crippen molar-refractivity contribution in [2.75, 3.05) is 25.5 Å². The molecule has 2 aromatic rings. The van der Waals surface area contributed by atoms with Crippen LogP contribution in [0.1, 0.15) is 0 Å². The van der Waals surface area contributed by atoms with Gasteiger partial charge in [0.05, 0.1) is 12.4 Å². The third kappa shape index (κ3) is 4.71. The molecule has 0 aliphatic heterocycles. The van der Waals surface area contributed by atoms with Crippen molar-refractivity contribution in [2.24, 2.45) is 0 Å². The van der Waals surface area contributed by atoms with Gasteiger partial charge in [0, 0.05) is 13.1 Å². The third-order valence-corrected chi connectivity index (χ3v) is 2.69. The van der Waals surface area contributed by atoms with Gasteiger partial charge < -0.3 is 25.4 Å². The van der Waals surface area contributed by atoms with Gasteiger partial charge in [-0.2, -0.15) is 4.98 Å². The van der Waals surface area contributed by atoms with E-state index in [0.717, 1.165) is 13.1 Å². The Morgan fingerprint density at radius 1 is 1.14 bits per heavy atom. The maximum atomic E-state index is 9.02. The second kappa shape index (κ2) is 7.58. The lowest BCUT2D eigenvalue weighted by atomic mass is 9.80. The molecule has 0 atom stereocenters. The average Bonchev–Trinajstić information content (AvgIpc) is 2.48. The fraction of sp³-hybridized carbons (Fsp3) is 0.231. The minimum Gasteiger partial charge on any atom is -0.437 e. The normalized spacial score (nSPS) is 10.2. The van der Waals surface area contributed by atoms with Crippen LogP contribution in [0.3, 0.4) is 0 Å². The first-order chi connectivity index (χ1) is 10.2. The van der Waals surface area contributed by atoms with Gasteiger partial charge in [0.15, 0.2) is 0 Å². The lowest BCUT2D eigenvalue weighted by molar-refractivity contribution is 0.425. The second-order valence-electron chi connectivity index (χ2n) is 4.32. The number of rotatable bonds is 7. The summed E-state index contributed by atoms with van der Waals surface area (Å²) in [6.45, 7) is 1.55. The summed E-state index contributed by atoms with van der Waals surface area (Å²) < 4.78 is 5.57. The number of ether oxygens (including phenoxy) is 1. The highest BCUT2D eigenvalue weighted by Crippen LogP contribution is 2.18. The van der Waals surface area contributed by atoms with E-state index in [1.807, 2.05) is 7.05 Å². The number of benzene rings is 1. The lowest BCUT2D eigenvalue weighted by Gasteiger charge is -2.08. The number of hydrogen-bond donors (Lipinski definition) is 4. The Kier molecular flexibility index (Phi) is 5.50. The Morgan fingerprint density at radius 3 is 2.57 bits per heavy atom. The minimum atomic E-state index is -1.49. The van der Waals surface area contributed by atoms with Crippen LogP contribution >= 0.6 is 0 Å². The van der Waals surface area contributed by atoms with Gasteiger partial charge in [-0.05, 0) is 24.6 Å². The zero-order valence-electron chi connectivity index (χ0n) is 11.7. The molecule has 0 fully saturated rings. The zero-order valence-corrected chi connectivity index (χ0v) is 11.7. The SMILES string of the molecule is CNCCNc1cncc(Oc2ccc(B(O)O)cc2)n1. The van der Waals surface area contributed by atoms with Gasteiger partial charge in [0.2, 0.25) is 5.88 Å². The molecule has 0 saturated carbocycles. The van der Waals surface area contributed by atoms with Crippen molar-refractivity contribution in [1.29, 1.82) is 0 Å². The number of hydrogen-bond acceptors (Lipinski definition) is 7. The summed E-state index contributed by atoms with van der Waals surface area (Å²) in [6.07, 6.45) is 3.13. The maximum absolute atomic E-state index is 9.02. The van der Waals surface area contributed by atoms with Crippen LogP contribution < -0.4 is 20.8 Å². The van der Waals surface area contributed by atoms with Crippen molar-refractivity contribution in [1.82, 2.24) is 15.3 Å². The third-order valence-electron chi connectivity index (χ3n) is 2.69. The smallest absolute Gasteiger partial charge is 0.437 e. The Balaban J connectivity index is 2.00. The molecular weight excluding hydrogens is 271 g/mol. The van der Waals surface area contributed by atoms with Crippen LogP contribution in [0, 0.1) is 0 Å². The summed E-state index contributed by atoms with van der Waals surface area (Å²) in [7, 11) is 0.387. The molecule has 7 nitrogen and oxygen atoms in total. The van der Waals surface area contributed by atoms with Crippen molar-refractivity contribution in [3.63, 3.8) is 0 Å². The molecule has 110 valence electrons. The van der Waals surface area contributed by atoms with Gasteiger partial charge in [-0.3, -0.25) is 4.98 Å². The number of anilines is 1. The summed E-state index contributed by atoms with van der Waals surface area (Å²) in [5.74, 6) is 1.54. The predicted octanol–water partition coefficient (Wildman–Crippen LogP) is -0.420. The number of nitrogens with zero attached hydrogens (tertiary/aromatic N) is 2. The highest BCUT2D eigenvalue weighted by Gasteiger charge is 2.10. The molecule has 0 saturated heterocycles. The Morgan fingerprint density at radius 2 is 1.90 bits per heavy atom. The lowest BCUT2D eigenvalue weighted by Crippen LogP contribution is -2.29. The summed E-state index contributed by atoms with van der Waals surface area (Å²) in [5, 5.41) is 24.2. The first-order valence-corrected chi connectivity index (χ1v) is 6.53. The number of nitrogens with one attached hydrogen (secondary N) is 2. The quantitative estimate of drug-likeness (QED) is 0.405. The zero-order chi connectivity index (χ0) is 15.1. The molecule has 2 rings (SSSR count). The van der Waals surface area contributed by atoms with Gasteiger partial charge in [-0.1, -0.05) is 12.1 Å². The second-order valence-corrected chi connectivity index (χ2v) is 4.32. The van der Waals surface area contributed by atoms with Gasteiger partial charge in [0.25, 0.3) is 0 Å². The molecule has 1 aromatic carbocycles. The molecule has 0 radical (unpaired) electrons. The van der Waals surface area contributed by atoms with Crippen molar-refractivity contribution in [3.05, 3.63) is 36.7 Å². The van der Waals surface area contributed by atoms with Crippen molar-refractivity contribution in [3.8, 4) is 11.6 Å². The molecule has 0 amide bonds. The summed E-state index contributed by atoms with van der Waals surface area (Å²) in [6, 6.07) is 6.42. The summed E-state index contributed by atoms with van der Waals surface area (Å²) in [5.41, 5.74) is 0.399. The van der Waals surface area contributed by atoms with Gasteiger partial charge in [-0.15, -0.1) is 0 Å². The van der Waals surface area contributed by atoms with E-state index in [-0.39, 0.29) is 0 Å². The van der Waals surface area contributed by atoms with Crippen LogP contribution in [0.15, 0.2) is 36.7 Å². The van der Waals surface area contributed by atoms with Crippen molar-refractivity contribution >= 4 is 18.4 Å². The summed E-state index contributed by atoms with van der Waals surface area (Å²) >= 11 is 0. The van der Waals surface area contributed by atoms with E-state index in [9.17, 15) is 0 Å². The van der Waals surface area contributed by atoms with E-state index in [0.29, 0.717) is 22.9 Å². The first kappa shape index (κ1) is 15.2. The molecule has 4 N–H and O–H groups in total. The fourth-order valence-corrected chi connectivity index (χ4v) is 1.63. The van der Waals surface area contributed by atoms with Crippen LogP contribution in [0.2, 0.25) is 0 Å². The van der Waals surface area contributed by atoms with Gasteiger partial charge in [0.1, 0.15) is 11.6 Å². The van der Waals surface area contributed by atoms with E-state index in [1.165, 1.54) is 6.20 Å². The fourth-order valence-electron chi connectivity index (χ4n) is 1.63. The number of aromatic nitrogens is 2. The van der Waals surface area contributed by atoms with Crippen molar-refractivity contribution in [2.45, 2.75) is 0 Å². The molecule has 1 heterocycles. The maximum Gasteiger partial charge on any atom is 0.488 e. The van der Waals surface area contributed by atoms with E-state index in [1.54, 1.807) is 30.5 Å². The monoisotopic (exact) mass is 288 g/mol. The molecule has 0 spiro atoms. The van der Waals surface area contributed by atoms with Crippen LogP contribution in [0.5, 0.6) is 11.6 Å². The highest BCUT2D eigenvalue weighted by atomic mass is 16.5. The van der Waals surface area contributed by atoms with Crippen LogP contribution in [-0.4, -0.2) is 47.3 Å². The molecule has 1 aromatic heterocycles. The van der Waals surface area contributed by atoms with Gasteiger partial charge >= 0.3 is 7.12 Å². The molecule has 21 heavy (non-hydrogen) atoms. The van der Waals surface area contributed by atoms with Crippen molar-refractivity contribution < 1.29 is 14.8 Å². The molecule has 0 aliphatic carbocycles. The Bertz CT molecular complexity index is 566. The average molecular weight is 288 g/mol. The van der Waals surface area contributed by atoms with E-state index in [4.69, 9.17) is 14.8 Å². The van der Waals surface area contributed by atoms with E-state index < -0.39 is 7.12 Å². The minimum absolute atomic E-state index is 0.363. The topological polar surface area (TPSA) is 99.5 Å². The molecule has 0 unspecified atom stereocenters. The summed E-state index contributed by atoms with van der Waals surface area (Å²) in [4.78, 5) is 8.33. The standard InChI is InChI=1S/C13H17BN4O3/c1-15-6-7-17-12-8-16-9-13(18-12)21-11-4-2-10(3-5-11)14(19)20/h2-5,8-9,15,19-20H,6-7H2,1H3,(H,17,18). The first-order valence-electron chi connectivity index (χ1n) is 6.53. The number of likely N-dealkylation sites (N-methyl/N-ethyl adjacent to an activating group) is 1. The Hall–Kier alpha value is -2.16. The molecule has 0 aliphatic rings. The van der Waals surface area contributed by atoms with Crippen LogP contribution in [0.4, 0.5) is 5.82 Å². The molecule has 8 heteroatoms. The molecular formula is C13H17BN4O3. The predicted molar refractivity (Wildman–Crippen MR) is 80.8 cm³/mol. The van der Waals surface area contributed by atoms with E-state index >= 15 is 0 Å². The largest absolute Gasteiger partial charge is 0.488 e. The highest BCUT2D eigenvalue weighted by molar-refractivity contribution is 6.58. The van der Waals surface area contributed by atoms with E-state index in [2.05, 4.69) is 20.6 Å². The van der Waals surface area contributed by atoms with Gasteiger partial charge in [-0.25, -0.2) is 0 Å².